The molecule has 0 radical (unpaired) electrons. The van der Waals surface area contributed by atoms with Crippen molar-refractivity contribution >= 4 is 21.5 Å². The van der Waals surface area contributed by atoms with Crippen LogP contribution in [0.2, 0.25) is 0 Å². The molecule has 0 atom stereocenters. The number of oxime groups is 1. The number of rotatable bonds is 3. The number of hydrogen-bond acceptors (Lipinski definition) is 5. The van der Waals surface area contributed by atoms with E-state index in [1.54, 1.807) is 0 Å². The van der Waals surface area contributed by atoms with Crippen LogP contribution in [0.3, 0.4) is 0 Å². The standard InChI is InChI=1S/C11H11NO5S/c1-18(15,16)10-3-2-7(11(13)14)6-8(10)9-4-5-17-12-9/h2-3,6H,4-5H2,1H3,(H,13,14). The molecule has 0 saturated carbocycles. The maximum absolute atomic E-state index is 11.6. The fraction of sp³-hybridized carbons (Fsp3) is 0.273. The Bertz CT molecular complexity index is 633. The van der Waals surface area contributed by atoms with Gasteiger partial charge in [0.25, 0.3) is 0 Å². The Morgan fingerprint density at radius 2 is 2.17 bits per heavy atom. The highest BCUT2D eigenvalue weighted by atomic mass is 32.2. The normalized spacial score (nSPS) is 15.1. The van der Waals surface area contributed by atoms with E-state index in [0.29, 0.717) is 24.3 Å². The van der Waals surface area contributed by atoms with Crippen molar-refractivity contribution in [1.82, 2.24) is 0 Å². The topological polar surface area (TPSA) is 93.0 Å². The minimum absolute atomic E-state index is 0.0204. The number of carboxylic acids is 1. The molecule has 18 heavy (non-hydrogen) atoms. The van der Waals surface area contributed by atoms with E-state index in [-0.39, 0.29) is 10.5 Å². The zero-order chi connectivity index (χ0) is 13.3. The molecule has 0 amide bonds. The van der Waals surface area contributed by atoms with Crippen molar-refractivity contribution < 1.29 is 23.2 Å². The molecule has 1 aliphatic rings. The van der Waals surface area contributed by atoms with Crippen LogP contribution in [0, 0.1) is 0 Å². The van der Waals surface area contributed by atoms with Crippen LogP contribution < -0.4 is 0 Å². The summed E-state index contributed by atoms with van der Waals surface area (Å²) in [7, 11) is -3.44. The molecule has 2 rings (SSSR count). The minimum Gasteiger partial charge on any atom is -0.478 e. The number of aromatic carboxylic acids is 1. The predicted molar refractivity (Wildman–Crippen MR) is 63.6 cm³/mol. The van der Waals surface area contributed by atoms with Crippen molar-refractivity contribution in [1.29, 1.82) is 0 Å². The highest BCUT2D eigenvalue weighted by Crippen LogP contribution is 2.22. The van der Waals surface area contributed by atoms with Gasteiger partial charge in [-0.15, -0.1) is 0 Å². The van der Waals surface area contributed by atoms with Crippen molar-refractivity contribution in [3.63, 3.8) is 0 Å². The molecule has 1 heterocycles. The lowest BCUT2D eigenvalue weighted by atomic mass is 10.0. The maximum Gasteiger partial charge on any atom is 0.335 e. The molecule has 0 unspecified atom stereocenters. The van der Waals surface area contributed by atoms with Crippen molar-refractivity contribution in [3.05, 3.63) is 29.3 Å². The lowest BCUT2D eigenvalue weighted by molar-refractivity contribution is 0.0696. The first-order valence-corrected chi connectivity index (χ1v) is 7.05. The quantitative estimate of drug-likeness (QED) is 0.880. The van der Waals surface area contributed by atoms with Crippen LogP contribution in [0.1, 0.15) is 22.3 Å². The second kappa shape index (κ2) is 4.41. The van der Waals surface area contributed by atoms with E-state index in [2.05, 4.69) is 5.16 Å². The van der Waals surface area contributed by atoms with Gasteiger partial charge in [0.2, 0.25) is 0 Å². The van der Waals surface area contributed by atoms with Gasteiger partial charge in [-0.25, -0.2) is 13.2 Å². The zero-order valence-electron chi connectivity index (χ0n) is 9.58. The van der Waals surface area contributed by atoms with Gasteiger partial charge in [0.05, 0.1) is 16.2 Å². The molecule has 0 bridgehead atoms. The molecule has 0 spiro atoms. The van der Waals surface area contributed by atoms with Gasteiger partial charge in [-0.2, -0.15) is 0 Å². The molecule has 1 aromatic rings. The fourth-order valence-corrected chi connectivity index (χ4v) is 2.60. The van der Waals surface area contributed by atoms with E-state index in [9.17, 15) is 13.2 Å². The van der Waals surface area contributed by atoms with E-state index < -0.39 is 15.8 Å². The smallest absolute Gasteiger partial charge is 0.335 e. The Morgan fingerprint density at radius 1 is 1.44 bits per heavy atom. The highest BCUT2D eigenvalue weighted by Gasteiger charge is 2.21. The van der Waals surface area contributed by atoms with E-state index in [1.807, 2.05) is 0 Å². The van der Waals surface area contributed by atoms with Crippen molar-refractivity contribution in [3.8, 4) is 0 Å². The van der Waals surface area contributed by atoms with Crippen molar-refractivity contribution in [2.75, 3.05) is 12.9 Å². The molecule has 0 aromatic heterocycles. The first kappa shape index (κ1) is 12.6. The van der Waals surface area contributed by atoms with Gasteiger partial charge in [-0.05, 0) is 18.2 Å². The predicted octanol–water partition coefficient (Wildman–Crippen LogP) is 0.913. The minimum atomic E-state index is -3.44. The number of sulfone groups is 1. The van der Waals surface area contributed by atoms with Gasteiger partial charge in [0, 0.05) is 18.2 Å². The van der Waals surface area contributed by atoms with Crippen LogP contribution in [0.25, 0.3) is 0 Å². The van der Waals surface area contributed by atoms with E-state index >= 15 is 0 Å². The SMILES string of the molecule is CS(=O)(=O)c1ccc(C(=O)O)cc1C1=NOCC1. The van der Waals surface area contributed by atoms with Crippen LogP contribution in [0.5, 0.6) is 0 Å². The summed E-state index contributed by atoms with van der Waals surface area (Å²) in [4.78, 5) is 15.8. The average Bonchev–Trinajstić information content (AvgIpc) is 2.80. The summed E-state index contributed by atoms with van der Waals surface area (Å²) in [5.41, 5.74) is 0.778. The summed E-state index contributed by atoms with van der Waals surface area (Å²) in [6.07, 6.45) is 1.54. The van der Waals surface area contributed by atoms with E-state index in [1.165, 1.54) is 18.2 Å². The lowest BCUT2D eigenvalue weighted by Crippen LogP contribution is -2.10. The Labute approximate surface area is 104 Å². The molecule has 0 aliphatic carbocycles. The third kappa shape index (κ3) is 2.35. The van der Waals surface area contributed by atoms with Crippen LogP contribution in [-0.4, -0.2) is 38.1 Å². The maximum atomic E-state index is 11.6. The molecule has 0 fully saturated rings. The van der Waals surface area contributed by atoms with Crippen LogP contribution in [0.15, 0.2) is 28.3 Å². The van der Waals surface area contributed by atoms with Gasteiger partial charge < -0.3 is 9.94 Å². The molecule has 96 valence electrons. The molecular weight excluding hydrogens is 258 g/mol. The van der Waals surface area contributed by atoms with Crippen LogP contribution >= 0.6 is 0 Å². The fourth-order valence-electron chi connectivity index (χ4n) is 1.71. The van der Waals surface area contributed by atoms with Crippen molar-refractivity contribution in [2.24, 2.45) is 5.16 Å². The second-order valence-electron chi connectivity index (χ2n) is 3.91. The van der Waals surface area contributed by atoms with Crippen molar-refractivity contribution in [2.45, 2.75) is 11.3 Å². The molecular formula is C11H11NO5S. The first-order valence-electron chi connectivity index (χ1n) is 5.16. The number of benzene rings is 1. The van der Waals surface area contributed by atoms with Gasteiger partial charge in [-0.1, -0.05) is 5.16 Å². The molecule has 0 saturated heterocycles. The highest BCUT2D eigenvalue weighted by molar-refractivity contribution is 7.90. The number of nitrogens with zero attached hydrogens (tertiary/aromatic N) is 1. The Morgan fingerprint density at radius 3 is 2.67 bits per heavy atom. The monoisotopic (exact) mass is 269 g/mol. The van der Waals surface area contributed by atoms with Gasteiger partial charge in [0.15, 0.2) is 9.84 Å². The number of carboxylic acid groups (broad SMARTS) is 1. The summed E-state index contributed by atoms with van der Waals surface area (Å²) in [5, 5.41) is 12.7. The summed E-state index contributed by atoms with van der Waals surface area (Å²) in [5.74, 6) is -1.11. The summed E-state index contributed by atoms with van der Waals surface area (Å²) in [6.45, 7) is 0.371. The first-order chi connectivity index (χ1) is 8.39. The van der Waals surface area contributed by atoms with Crippen LogP contribution in [-0.2, 0) is 14.7 Å². The molecule has 1 N–H and O–H groups in total. The largest absolute Gasteiger partial charge is 0.478 e. The number of carbonyl (C=O) groups is 1. The van der Waals surface area contributed by atoms with Gasteiger partial charge in [0.1, 0.15) is 6.61 Å². The lowest BCUT2D eigenvalue weighted by Gasteiger charge is -2.07. The third-order valence-electron chi connectivity index (χ3n) is 2.54. The molecule has 1 aromatic carbocycles. The second-order valence-corrected chi connectivity index (χ2v) is 5.89. The summed E-state index contributed by atoms with van der Waals surface area (Å²) >= 11 is 0. The summed E-state index contributed by atoms with van der Waals surface area (Å²) in [6, 6.07) is 3.86. The van der Waals surface area contributed by atoms with E-state index in [4.69, 9.17) is 9.94 Å². The third-order valence-corrected chi connectivity index (χ3v) is 3.70. The molecule has 7 heteroatoms. The molecule has 1 aliphatic heterocycles. The average molecular weight is 269 g/mol. The summed E-state index contributed by atoms with van der Waals surface area (Å²) < 4.78 is 23.3. The number of hydrogen-bond donors (Lipinski definition) is 1. The van der Waals surface area contributed by atoms with Gasteiger partial charge in [-0.3, -0.25) is 0 Å². The van der Waals surface area contributed by atoms with Gasteiger partial charge >= 0.3 is 5.97 Å². The Kier molecular flexibility index (Phi) is 3.08. The van der Waals surface area contributed by atoms with E-state index in [0.717, 1.165) is 6.26 Å². The van der Waals surface area contributed by atoms with Crippen LogP contribution in [0.4, 0.5) is 0 Å². The Balaban J connectivity index is 2.64. The zero-order valence-corrected chi connectivity index (χ0v) is 10.4. The Hall–Kier alpha value is -1.89. The molecule has 6 nitrogen and oxygen atoms in total.